The van der Waals surface area contributed by atoms with Gasteiger partial charge in [-0.15, -0.1) is 0 Å². The van der Waals surface area contributed by atoms with Crippen molar-refractivity contribution < 1.29 is 4.79 Å². The Morgan fingerprint density at radius 2 is 2.60 bits per heavy atom. The molecule has 1 unspecified atom stereocenters. The zero-order valence-corrected chi connectivity index (χ0v) is 6.57. The van der Waals surface area contributed by atoms with Gasteiger partial charge in [-0.05, 0) is 6.42 Å². The van der Waals surface area contributed by atoms with Gasteiger partial charge in [0.2, 0.25) is 5.91 Å². The minimum absolute atomic E-state index is 0.0175. The lowest BCUT2D eigenvalue weighted by Gasteiger charge is -1.98. The second kappa shape index (κ2) is 3.05. The molecule has 0 bridgehead atoms. The largest absolute Gasteiger partial charge is 0.372 e. The predicted octanol–water partition coefficient (Wildman–Crippen LogP) is 0.491. The molecule has 1 radical (unpaired) electrons. The minimum Gasteiger partial charge on any atom is -0.372 e. The van der Waals surface area contributed by atoms with Crippen LogP contribution in [0, 0.1) is 0 Å². The number of carbonyl (C=O) groups excluding carboxylic acids is 1. The fourth-order valence-electron chi connectivity index (χ4n) is 0.863. The molecule has 1 rings (SSSR count). The Morgan fingerprint density at radius 3 is 3.00 bits per heavy atom. The van der Waals surface area contributed by atoms with Gasteiger partial charge in [-0.3, -0.25) is 4.79 Å². The highest BCUT2D eigenvalue weighted by molar-refractivity contribution is 7.81. The number of rotatable bonds is 0. The molecule has 1 fully saturated rings. The summed E-state index contributed by atoms with van der Waals surface area (Å²) in [6.45, 7) is 2.27. The van der Waals surface area contributed by atoms with E-state index in [-0.39, 0.29) is 11.2 Å². The van der Waals surface area contributed by atoms with E-state index in [1.165, 1.54) is 6.92 Å². The van der Waals surface area contributed by atoms with Crippen molar-refractivity contribution in [3.05, 3.63) is 0 Å². The topological polar surface area (TPSA) is 41.5 Å². The van der Waals surface area contributed by atoms with Gasteiger partial charge in [0.1, 0.15) is 5.84 Å². The van der Waals surface area contributed by atoms with E-state index < -0.39 is 0 Å². The van der Waals surface area contributed by atoms with Gasteiger partial charge >= 0.3 is 0 Å². The molecule has 0 aliphatic carbocycles. The third kappa shape index (κ3) is 1.73. The first-order chi connectivity index (χ1) is 4.70. The fourth-order valence-corrected chi connectivity index (χ4v) is 1.12. The van der Waals surface area contributed by atoms with Gasteiger partial charge in [0, 0.05) is 13.5 Å². The van der Waals surface area contributed by atoms with Crippen molar-refractivity contribution in [1.29, 1.82) is 0 Å². The number of hydrogen-bond donors (Lipinski definition) is 1. The third-order valence-corrected chi connectivity index (χ3v) is 1.75. The van der Waals surface area contributed by atoms with Crippen LogP contribution in [-0.4, -0.2) is 23.5 Å². The summed E-state index contributed by atoms with van der Waals surface area (Å²) in [6.07, 6.45) is 0.904. The molecular formula is C6H9N2OS. The lowest BCUT2D eigenvalue weighted by molar-refractivity contribution is -0.115. The maximum absolute atomic E-state index is 10.5. The molecule has 1 saturated heterocycles. The zero-order valence-electron chi connectivity index (χ0n) is 5.76. The van der Waals surface area contributed by atoms with Gasteiger partial charge < -0.3 is 5.32 Å². The maximum Gasteiger partial charge on any atom is 0.244 e. The molecule has 4 heteroatoms. The Labute approximate surface area is 65.3 Å². The lowest BCUT2D eigenvalue weighted by atomic mass is 10.3. The van der Waals surface area contributed by atoms with Crippen LogP contribution < -0.4 is 5.32 Å². The Hall–Kier alpha value is -0.510. The van der Waals surface area contributed by atoms with Gasteiger partial charge in [-0.25, -0.2) is 0 Å². The van der Waals surface area contributed by atoms with Crippen LogP contribution >= 0.6 is 12.6 Å². The lowest BCUT2D eigenvalue weighted by Crippen LogP contribution is -2.21. The predicted molar refractivity (Wildman–Crippen MR) is 42.1 cm³/mol. The molecule has 1 N–H and O–H groups in total. The van der Waals surface area contributed by atoms with Crippen LogP contribution in [0.2, 0.25) is 0 Å². The SMILES string of the molecule is CC(=O)N=C1NCCC1[S]. The Kier molecular flexibility index (Phi) is 2.32. The van der Waals surface area contributed by atoms with Crippen molar-refractivity contribution >= 4 is 24.4 Å². The highest BCUT2D eigenvalue weighted by atomic mass is 32.1. The number of amidine groups is 1. The van der Waals surface area contributed by atoms with E-state index in [4.69, 9.17) is 12.6 Å². The molecule has 1 aliphatic rings. The second-order valence-corrected chi connectivity index (χ2v) is 2.79. The molecule has 1 aliphatic heterocycles. The number of nitrogens with zero attached hydrogens (tertiary/aromatic N) is 1. The van der Waals surface area contributed by atoms with Crippen LogP contribution in [0.25, 0.3) is 0 Å². The molecule has 0 aromatic heterocycles. The summed E-state index contributed by atoms with van der Waals surface area (Å²) < 4.78 is 0. The average molecular weight is 157 g/mol. The van der Waals surface area contributed by atoms with E-state index in [0.717, 1.165) is 13.0 Å². The van der Waals surface area contributed by atoms with Gasteiger partial charge in [0.25, 0.3) is 0 Å². The van der Waals surface area contributed by atoms with E-state index >= 15 is 0 Å². The van der Waals surface area contributed by atoms with Crippen molar-refractivity contribution in [1.82, 2.24) is 5.32 Å². The molecule has 0 aromatic carbocycles. The quantitative estimate of drug-likeness (QED) is 0.556. The van der Waals surface area contributed by atoms with Gasteiger partial charge in [0.15, 0.2) is 0 Å². The second-order valence-electron chi connectivity index (χ2n) is 2.22. The molecule has 3 nitrogen and oxygen atoms in total. The first-order valence-electron chi connectivity index (χ1n) is 3.19. The van der Waals surface area contributed by atoms with E-state index in [1.807, 2.05) is 0 Å². The normalized spacial score (nSPS) is 28.6. The van der Waals surface area contributed by atoms with Crippen LogP contribution in [0.4, 0.5) is 0 Å². The van der Waals surface area contributed by atoms with E-state index in [9.17, 15) is 4.79 Å². The summed E-state index contributed by atoms with van der Waals surface area (Å²) in [5, 5.41) is 2.98. The minimum atomic E-state index is -0.181. The van der Waals surface area contributed by atoms with Gasteiger partial charge in [-0.2, -0.15) is 4.99 Å². The summed E-state index contributed by atoms with van der Waals surface area (Å²) in [5.74, 6) is 0.488. The average Bonchev–Trinajstić information content (AvgIpc) is 2.15. The van der Waals surface area contributed by atoms with Crippen LogP contribution in [0.15, 0.2) is 4.99 Å². The highest BCUT2D eigenvalue weighted by Gasteiger charge is 2.18. The highest BCUT2D eigenvalue weighted by Crippen LogP contribution is 2.07. The van der Waals surface area contributed by atoms with Crippen LogP contribution in [0.1, 0.15) is 13.3 Å². The summed E-state index contributed by atoms with van der Waals surface area (Å²) >= 11 is 5.00. The van der Waals surface area contributed by atoms with Gasteiger partial charge in [0.05, 0.1) is 5.25 Å². The van der Waals surface area contributed by atoms with Crippen LogP contribution in [0.3, 0.4) is 0 Å². The summed E-state index contributed by atoms with van der Waals surface area (Å²) in [7, 11) is 0. The molecule has 55 valence electrons. The molecule has 0 saturated carbocycles. The molecular weight excluding hydrogens is 148 g/mol. The molecule has 0 aromatic rings. The zero-order chi connectivity index (χ0) is 7.56. The Morgan fingerprint density at radius 1 is 1.90 bits per heavy atom. The molecule has 10 heavy (non-hydrogen) atoms. The van der Waals surface area contributed by atoms with Crippen molar-refractivity contribution in [3.8, 4) is 0 Å². The number of carbonyl (C=O) groups is 1. The summed E-state index contributed by atoms with van der Waals surface area (Å²) in [5.41, 5.74) is 0. The molecule has 0 spiro atoms. The smallest absolute Gasteiger partial charge is 0.244 e. The van der Waals surface area contributed by atoms with Gasteiger partial charge in [-0.1, -0.05) is 12.6 Å². The van der Waals surface area contributed by atoms with E-state index in [2.05, 4.69) is 10.3 Å². The van der Waals surface area contributed by atoms with Crippen molar-refractivity contribution in [2.75, 3.05) is 6.54 Å². The van der Waals surface area contributed by atoms with Crippen molar-refractivity contribution in [2.45, 2.75) is 18.6 Å². The van der Waals surface area contributed by atoms with E-state index in [0.29, 0.717) is 5.84 Å². The third-order valence-electron chi connectivity index (χ3n) is 1.30. The van der Waals surface area contributed by atoms with Crippen molar-refractivity contribution in [2.24, 2.45) is 4.99 Å². The first-order valence-corrected chi connectivity index (χ1v) is 3.66. The van der Waals surface area contributed by atoms with Crippen molar-refractivity contribution in [3.63, 3.8) is 0 Å². The number of amides is 1. The number of hydrogen-bond acceptors (Lipinski definition) is 1. The monoisotopic (exact) mass is 157 g/mol. The fraction of sp³-hybridized carbons (Fsp3) is 0.667. The molecule has 1 atom stereocenters. The summed E-state index contributed by atoms with van der Waals surface area (Å²) in [6, 6.07) is 0. The molecule has 1 amide bonds. The molecule has 1 heterocycles. The Balaban J connectivity index is 2.62. The number of aliphatic imine (C=N–C) groups is 1. The number of nitrogens with one attached hydrogen (secondary N) is 1. The van der Waals surface area contributed by atoms with Crippen LogP contribution in [0.5, 0.6) is 0 Å². The Bertz CT molecular complexity index is 179. The summed E-state index contributed by atoms with van der Waals surface area (Å²) in [4.78, 5) is 14.2. The standard InChI is InChI=1S/C6H9N2OS/c1-4(9)8-6-5(10)2-3-7-6/h5H,2-3H2,1H3,(H,7,8,9). The maximum atomic E-state index is 10.5. The van der Waals surface area contributed by atoms with Crippen LogP contribution in [-0.2, 0) is 4.79 Å². The first kappa shape index (κ1) is 7.60. The van der Waals surface area contributed by atoms with E-state index in [1.54, 1.807) is 0 Å².